The van der Waals surface area contributed by atoms with E-state index in [4.69, 9.17) is 9.84 Å². The molecule has 8 heteroatoms. The van der Waals surface area contributed by atoms with Crippen LogP contribution in [0.1, 0.15) is 13.3 Å². The fourth-order valence-corrected chi connectivity index (χ4v) is 3.09. The van der Waals surface area contributed by atoms with Crippen molar-refractivity contribution in [3.8, 4) is 0 Å². The van der Waals surface area contributed by atoms with Gasteiger partial charge in [0.15, 0.2) is 0 Å². The Kier molecular flexibility index (Phi) is 4.87. The third kappa shape index (κ3) is 3.15. The summed E-state index contributed by atoms with van der Waals surface area (Å²) in [5, 5.41) is 9.02. The average Bonchev–Trinajstić information content (AvgIpc) is 2.74. The third-order valence-electron chi connectivity index (χ3n) is 2.75. The van der Waals surface area contributed by atoms with Crippen molar-refractivity contribution in [2.75, 3.05) is 26.8 Å². The summed E-state index contributed by atoms with van der Waals surface area (Å²) in [6.45, 7) is 2.29. The Bertz CT molecular complexity index is 370. The van der Waals surface area contributed by atoms with E-state index in [-0.39, 0.29) is 19.8 Å². The number of hydrogen-bond acceptors (Lipinski definition) is 4. The molecule has 1 fully saturated rings. The lowest BCUT2D eigenvalue weighted by molar-refractivity contribution is -0.142. The normalized spacial score (nSPS) is 25.4. The molecular weight excluding hydrogens is 248 g/mol. The van der Waals surface area contributed by atoms with Gasteiger partial charge in [-0.15, -0.1) is 0 Å². The van der Waals surface area contributed by atoms with Gasteiger partial charge in [-0.05, 0) is 6.42 Å². The first-order valence-corrected chi connectivity index (χ1v) is 6.89. The van der Waals surface area contributed by atoms with Crippen molar-refractivity contribution in [2.24, 2.45) is 5.92 Å². The number of aliphatic carboxylic acids is 1. The van der Waals surface area contributed by atoms with Gasteiger partial charge in [-0.1, -0.05) is 6.92 Å². The molecule has 2 N–H and O–H groups in total. The van der Waals surface area contributed by atoms with Crippen LogP contribution in [0.15, 0.2) is 0 Å². The summed E-state index contributed by atoms with van der Waals surface area (Å²) in [4.78, 5) is 11.0. The Hall–Kier alpha value is -0.700. The molecule has 0 aromatic heterocycles. The Labute approximate surface area is 101 Å². The van der Waals surface area contributed by atoms with Crippen LogP contribution in [0.2, 0.25) is 0 Å². The smallest absolute Gasteiger partial charge is 0.310 e. The van der Waals surface area contributed by atoms with Crippen LogP contribution in [-0.4, -0.2) is 56.6 Å². The Morgan fingerprint density at radius 2 is 2.18 bits per heavy atom. The molecule has 0 aromatic carbocycles. The van der Waals surface area contributed by atoms with Crippen molar-refractivity contribution in [1.29, 1.82) is 0 Å². The minimum Gasteiger partial charge on any atom is -0.481 e. The molecule has 1 aliphatic heterocycles. The van der Waals surface area contributed by atoms with E-state index in [1.165, 1.54) is 11.4 Å². The van der Waals surface area contributed by atoms with E-state index in [0.29, 0.717) is 6.42 Å². The van der Waals surface area contributed by atoms with Gasteiger partial charge in [0.05, 0.1) is 25.2 Å². The molecule has 2 atom stereocenters. The SMILES string of the molecule is CCCN(C1COCC1C(=O)O)S(=O)(=O)NC. The number of ether oxygens (including phenoxy) is 1. The minimum absolute atomic E-state index is 0.0550. The molecule has 0 aromatic rings. The summed E-state index contributed by atoms with van der Waals surface area (Å²) in [6.07, 6.45) is 0.615. The number of rotatable bonds is 6. The highest BCUT2D eigenvalue weighted by molar-refractivity contribution is 7.87. The lowest BCUT2D eigenvalue weighted by atomic mass is 10.0. The van der Waals surface area contributed by atoms with Crippen molar-refractivity contribution in [1.82, 2.24) is 9.03 Å². The fraction of sp³-hybridized carbons (Fsp3) is 0.889. The molecular formula is C9H18N2O5S. The van der Waals surface area contributed by atoms with Gasteiger partial charge in [-0.2, -0.15) is 12.7 Å². The van der Waals surface area contributed by atoms with Gasteiger partial charge in [0.1, 0.15) is 0 Å². The van der Waals surface area contributed by atoms with Crippen molar-refractivity contribution in [2.45, 2.75) is 19.4 Å². The summed E-state index contributed by atoms with van der Waals surface area (Å²) in [5.74, 6) is -1.83. The molecule has 1 heterocycles. The highest BCUT2D eigenvalue weighted by Gasteiger charge is 2.42. The average molecular weight is 266 g/mol. The van der Waals surface area contributed by atoms with Gasteiger partial charge >= 0.3 is 5.97 Å². The molecule has 0 bridgehead atoms. The lowest BCUT2D eigenvalue weighted by Crippen LogP contribution is -2.50. The summed E-state index contributed by atoms with van der Waals surface area (Å²) in [6, 6.07) is -0.634. The van der Waals surface area contributed by atoms with E-state index in [9.17, 15) is 13.2 Å². The molecule has 100 valence electrons. The van der Waals surface area contributed by atoms with E-state index in [1.54, 1.807) is 0 Å². The summed E-state index contributed by atoms with van der Waals surface area (Å²) in [5.41, 5.74) is 0. The number of hydrogen-bond donors (Lipinski definition) is 2. The van der Waals surface area contributed by atoms with Gasteiger partial charge in [0.25, 0.3) is 10.2 Å². The zero-order valence-corrected chi connectivity index (χ0v) is 10.7. The first kappa shape index (κ1) is 14.4. The van der Waals surface area contributed by atoms with Crippen LogP contribution in [-0.2, 0) is 19.7 Å². The monoisotopic (exact) mass is 266 g/mol. The van der Waals surface area contributed by atoms with Crippen LogP contribution in [0.5, 0.6) is 0 Å². The standard InChI is InChI=1S/C9H18N2O5S/c1-3-4-11(17(14,15)10-2)8-6-16-5-7(8)9(12)13/h7-8,10H,3-6H2,1-2H3,(H,12,13). The second-order valence-corrected chi connectivity index (χ2v) is 5.70. The van der Waals surface area contributed by atoms with Crippen LogP contribution in [0.3, 0.4) is 0 Å². The molecule has 0 radical (unpaired) electrons. The summed E-state index contributed by atoms with van der Waals surface area (Å²) >= 11 is 0. The van der Waals surface area contributed by atoms with E-state index in [0.717, 1.165) is 0 Å². The zero-order chi connectivity index (χ0) is 13.1. The Morgan fingerprint density at radius 3 is 2.65 bits per heavy atom. The number of nitrogens with zero attached hydrogens (tertiary/aromatic N) is 1. The number of carbonyl (C=O) groups is 1. The van der Waals surface area contributed by atoms with E-state index in [2.05, 4.69) is 4.72 Å². The van der Waals surface area contributed by atoms with Crippen LogP contribution < -0.4 is 4.72 Å². The molecule has 7 nitrogen and oxygen atoms in total. The molecule has 1 aliphatic rings. The lowest BCUT2D eigenvalue weighted by Gasteiger charge is -2.28. The van der Waals surface area contributed by atoms with Gasteiger partial charge in [-0.25, -0.2) is 4.72 Å². The predicted octanol–water partition coefficient (Wildman–Crippen LogP) is -0.738. The van der Waals surface area contributed by atoms with E-state index < -0.39 is 28.1 Å². The van der Waals surface area contributed by atoms with Crippen molar-refractivity contribution in [3.63, 3.8) is 0 Å². The maximum Gasteiger partial charge on any atom is 0.310 e. The van der Waals surface area contributed by atoms with Crippen molar-refractivity contribution >= 4 is 16.2 Å². The van der Waals surface area contributed by atoms with Gasteiger partial charge in [0.2, 0.25) is 0 Å². The number of carboxylic acids is 1. The number of carboxylic acid groups (broad SMARTS) is 1. The van der Waals surface area contributed by atoms with Gasteiger partial charge in [0, 0.05) is 13.6 Å². The third-order valence-corrected chi connectivity index (χ3v) is 4.33. The minimum atomic E-state index is -3.63. The van der Waals surface area contributed by atoms with Crippen LogP contribution in [0, 0.1) is 5.92 Å². The van der Waals surface area contributed by atoms with Crippen molar-refractivity contribution < 1.29 is 23.1 Å². The molecule has 1 saturated heterocycles. The van der Waals surface area contributed by atoms with Crippen LogP contribution in [0.4, 0.5) is 0 Å². The number of nitrogens with one attached hydrogen (secondary N) is 1. The van der Waals surface area contributed by atoms with Gasteiger partial charge in [-0.3, -0.25) is 4.79 Å². The highest BCUT2D eigenvalue weighted by Crippen LogP contribution is 2.22. The first-order chi connectivity index (χ1) is 7.94. The van der Waals surface area contributed by atoms with Gasteiger partial charge < -0.3 is 9.84 Å². The predicted molar refractivity (Wildman–Crippen MR) is 60.7 cm³/mol. The topological polar surface area (TPSA) is 95.9 Å². The molecule has 0 saturated carbocycles. The molecule has 17 heavy (non-hydrogen) atoms. The Balaban J connectivity index is 2.94. The van der Waals surface area contributed by atoms with Crippen LogP contribution in [0.25, 0.3) is 0 Å². The summed E-state index contributed by atoms with van der Waals surface area (Å²) < 4.78 is 32.1. The molecule has 2 unspecified atom stereocenters. The van der Waals surface area contributed by atoms with E-state index in [1.807, 2.05) is 6.92 Å². The zero-order valence-electron chi connectivity index (χ0n) is 9.92. The maximum absolute atomic E-state index is 11.8. The summed E-state index contributed by atoms with van der Waals surface area (Å²) in [7, 11) is -2.32. The molecule has 1 rings (SSSR count). The molecule has 0 spiro atoms. The second-order valence-electron chi connectivity index (χ2n) is 3.87. The maximum atomic E-state index is 11.8. The largest absolute Gasteiger partial charge is 0.481 e. The highest BCUT2D eigenvalue weighted by atomic mass is 32.2. The molecule has 0 amide bonds. The first-order valence-electron chi connectivity index (χ1n) is 5.45. The second kappa shape index (κ2) is 5.76. The Morgan fingerprint density at radius 1 is 1.53 bits per heavy atom. The van der Waals surface area contributed by atoms with Crippen molar-refractivity contribution in [3.05, 3.63) is 0 Å². The van der Waals surface area contributed by atoms with Crippen LogP contribution >= 0.6 is 0 Å². The van der Waals surface area contributed by atoms with E-state index >= 15 is 0 Å². The fourth-order valence-electron chi connectivity index (χ4n) is 1.86. The quantitative estimate of drug-likeness (QED) is 0.660. The molecule has 0 aliphatic carbocycles.